The van der Waals surface area contributed by atoms with Crippen molar-refractivity contribution < 1.29 is 4.84 Å². The third kappa shape index (κ3) is 3.95. The molecule has 0 aromatic carbocycles. The van der Waals surface area contributed by atoms with E-state index in [0.717, 1.165) is 6.54 Å². The van der Waals surface area contributed by atoms with Gasteiger partial charge < -0.3 is 0 Å². The Morgan fingerprint density at radius 2 is 2.00 bits per heavy atom. The topological polar surface area (TPSA) is 24.5 Å². The molecule has 0 aromatic rings. The van der Waals surface area contributed by atoms with Crippen LogP contribution >= 0.6 is 0 Å². The summed E-state index contributed by atoms with van der Waals surface area (Å²) < 4.78 is 0. The van der Waals surface area contributed by atoms with Gasteiger partial charge in [0, 0.05) is 25.2 Å². The Hall–Kier alpha value is -0.120. The molecule has 1 saturated heterocycles. The van der Waals surface area contributed by atoms with Crippen molar-refractivity contribution in [3.63, 3.8) is 0 Å². The van der Waals surface area contributed by atoms with Gasteiger partial charge in [-0.25, -0.2) is 0 Å². The average molecular weight is 200 g/mol. The fourth-order valence-electron chi connectivity index (χ4n) is 1.61. The van der Waals surface area contributed by atoms with Gasteiger partial charge in [-0.15, -0.1) is 0 Å². The molecular formula is C11H24N2O. The zero-order valence-electron chi connectivity index (χ0n) is 10.1. The molecule has 0 saturated carbocycles. The monoisotopic (exact) mass is 200 g/mol. The fraction of sp³-hybridized carbons (Fsp3) is 1.00. The van der Waals surface area contributed by atoms with Gasteiger partial charge in [0.2, 0.25) is 0 Å². The molecule has 0 aliphatic carbocycles. The predicted octanol–water partition coefficient (Wildman–Crippen LogP) is 1.79. The van der Waals surface area contributed by atoms with Gasteiger partial charge in [-0.1, -0.05) is 0 Å². The van der Waals surface area contributed by atoms with Crippen molar-refractivity contribution in [2.24, 2.45) is 0 Å². The molecule has 1 aliphatic rings. The van der Waals surface area contributed by atoms with Crippen LogP contribution in [0.4, 0.5) is 0 Å². The molecule has 1 fully saturated rings. The number of hydroxylamine groups is 1. The molecule has 0 aromatic heterocycles. The van der Waals surface area contributed by atoms with Gasteiger partial charge in [0.15, 0.2) is 0 Å². The highest BCUT2D eigenvalue weighted by Crippen LogP contribution is 2.13. The van der Waals surface area contributed by atoms with Crippen molar-refractivity contribution >= 4 is 0 Å². The lowest BCUT2D eigenvalue weighted by Crippen LogP contribution is -2.39. The Labute approximate surface area is 87.8 Å². The highest BCUT2D eigenvalue weighted by Gasteiger charge is 2.25. The van der Waals surface area contributed by atoms with Crippen LogP contribution in [0, 0.1) is 0 Å². The molecule has 1 aliphatic heterocycles. The lowest BCUT2D eigenvalue weighted by molar-refractivity contribution is -0.0868. The smallest absolute Gasteiger partial charge is 0.0813 e. The lowest BCUT2D eigenvalue weighted by Gasteiger charge is -2.24. The second kappa shape index (κ2) is 4.60. The van der Waals surface area contributed by atoms with E-state index >= 15 is 0 Å². The normalized spacial score (nSPS) is 24.9. The van der Waals surface area contributed by atoms with Gasteiger partial charge in [0.25, 0.3) is 0 Å². The molecule has 1 unspecified atom stereocenters. The van der Waals surface area contributed by atoms with Crippen molar-refractivity contribution in [3.8, 4) is 0 Å². The molecule has 0 spiro atoms. The lowest BCUT2D eigenvalue weighted by atomic mass is 10.2. The maximum atomic E-state index is 5.56. The summed E-state index contributed by atoms with van der Waals surface area (Å²) in [5.74, 6) is 0. The minimum atomic E-state index is -0.0920. The second-order valence-electron chi connectivity index (χ2n) is 5.41. The van der Waals surface area contributed by atoms with Crippen LogP contribution < -0.4 is 5.48 Å². The molecule has 84 valence electrons. The summed E-state index contributed by atoms with van der Waals surface area (Å²) in [5, 5.41) is 0. The third-order valence-corrected chi connectivity index (χ3v) is 2.48. The van der Waals surface area contributed by atoms with Crippen molar-refractivity contribution in [2.45, 2.75) is 58.7 Å². The molecule has 3 nitrogen and oxygen atoms in total. The fourth-order valence-corrected chi connectivity index (χ4v) is 1.61. The molecule has 0 amide bonds. The molecule has 3 heteroatoms. The Morgan fingerprint density at radius 3 is 2.43 bits per heavy atom. The molecule has 14 heavy (non-hydrogen) atoms. The quantitative estimate of drug-likeness (QED) is 0.703. The summed E-state index contributed by atoms with van der Waals surface area (Å²) in [6.07, 6.45) is 1.19. The molecule has 1 N–H and O–H groups in total. The number of rotatable bonds is 3. The summed E-state index contributed by atoms with van der Waals surface area (Å²) in [5.41, 5.74) is 3.07. The maximum Gasteiger partial charge on any atom is 0.0813 e. The number of hydrogen-bond donors (Lipinski definition) is 1. The SMILES string of the molecule is CC(C)N1CCC(NOC(C)(C)C)C1. The van der Waals surface area contributed by atoms with E-state index in [4.69, 9.17) is 4.84 Å². The van der Waals surface area contributed by atoms with Crippen molar-refractivity contribution in [2.75, 3.05) is 13.1 Å². The van der Waals surface area contributed by atoms with E-state index in [1.807, 2.05) is 0 Å². The Balaban J connectivity index is 2.23. The first-order valence-electron chi connectivity index (χ1n) is 5.56. The van der Waals surface area contributed by atoms with E-state index in [1.54, 1.807) is 0 Å². The number of hydrogen-bond acceptors (Lipinski definition) is 3. The van der Waals surface area contributed by atoms with Gasteiger partial charge in [-0.3, -0.25) is 9.74 Å². The summed E-state index contributed by atoms with van der Waals surface area (Å²) in [7, 11) is 0. The highest BCUT2D eigenvalue weighted by atomic mass is 16.7. The van der Waals surface area contributed by atoms with E-state index in [2.05, 4.69) is 45.0 Å². The van der Waals surface area contributed by atoms with Crippen LogP contribution in [0.3, 0.4) is 0 Å². The van der Waals surface area contributed by atoms with E-state index < -0.39 is 0 Å². The van der Waals surface area contributed by atoms with Crippen molar-refractivity contribution in [1.82, 2.24) is 10.4 Å². The minimum absolute atomic E-state index is 0.0920. The van der Waals surface area contributed by atoms with Crippen LogP contribution in [-0.4, -0.2) is 35.7 Å². The summed E-state index contributed by atoms with van der Waals surface area (Å²) in [6, 6.07) is 1.15. The van der Waals surface area contributed by atoms with Crippen molar-refractivity contribution in [3.05, 3.63) is 0 Å². The van der Waals surface area contributed by atoms with Crippen LogP contribution in [0.25, 0.3) is 0 Å². The molecular weight excluding hydrogens is 176 g/mol. The summed E-state index contributed by atoms with van der Waals surface area (Å²) in [6.45, 7) is 13.0. The minimum Gasteiger partial charge on any atom is -0.299 e. The Bertz CT molecular complexity index is 175. The number of likely N-dealkylation sites (tertiary alicyclic amines) is 1. The summed E-state index contributed by atoms with van der Waals surface area (Å²) >= 11 is 0. The molecule has 1 atom stereocenters. The predicted molar refractivity (Wildman–Crippen MR) is 59.1 cm³/mol. The van der Waals surface area contributed by atoms with Gasteiger partial charge in [-0.05, 0) is 41.0 Å². The first-order valence-corrected chi connectivity index (χ1v) is 5.56. The maximum absolute atomic E-state index is 5.56. The van der Waals surface area contributed by atoms with Crippen LogP contribution in [-0.2, 0) is 4.84 Å². The van der Waals surface area contributed by atoms with E-state index in [1.165, 1.54) is 13.0 Å². The van der Waals surface area contributed by atoms with Gasteiger partial charge >= 0.3 is 0 Å². The first kappa shape index (κ1) is 12.0. The highest BCUT2D eigenvalue weighted by molar-refractivity contribution is 4.80. The van der Waals surface area contributed by atoms with Crippen LogP contribution in [0.1, 0.15) is 41.0 Å². The number of nitrogens with one attached hydrogen (secondary N) is 1. The Kier molecular flexibility index (Phi) is 3.93. The van der Waals surface area contributed by atoms with E-state index in [9.17, 15) is 0 Å². The Morgan fingerprint density at radius 1 is 1.36 bits per heavy atom. The van der Waals surface area contributed by atoms with Gasteiger partial charge in [0.1, 0.15) is 0 Å². The van der Waals surface area contributed by atoms with Gasteiger partial charge in [0.05, 0.1) is 5.60 Å². The van der Waals surface area contributed by atoms with E-state index in [-0.39, 0.29) is 5.60 Å². The number of nitrogens with zero attached hydrogens (tertiary/aromatic N) is 1. The van der Waals surface area contributed by atoms with Gasteiger partial charge in [-0.2, -0.15) is 5.48 Å². The van der Waals surface area contributed by atoms with Crippen molar-refractivity contribution in [1.29, 1.82) is 0 Å². The average Bonchev–Trinajstić information content (AvgIpc) is 2.47. The molecule has 1 rings (SSSR count). The van der Waals surface area contributed by atoms with Crippen LogP contribution in [0.5, 0.6) is 0 Å². The third-order valence-electron chi connectivity index (χ3n) is 2.48. The molecule has 0 bridgehead atoms. The first-order chi connectivity index (χ1) is 6.38. The zero-order chi connectivity index (χ0) is 10.8. The van der Waals surface area contributed by atoms with E-state index in [0.29, 0.717) is 12.1 Å². The standard InChI is InChI=1S/C11H24N2O/c1-9(2)13-7-6-10(8-13)12-14-11(3,4)5/h9-10,12H,6-8H2,1-5H3. The zero-order valence-corrected chi connectivity index (χ0v) is 10.1. The second-order valence-corrected chi connectivity index (χ2v) is 5.41. The van der Waals surface area contributed by atoms with Crippen LogP contribution in [0.15, 0.2) is 0 Å². The summed E-state index contributed by atoms with van der Waals surface area (Å²) in [4.78, 5) is 8.04. The largest absolute Gasteiger partial charge is 0.299 e. The molecule has 0 radical (unpaired) electrons. The molecule has 1 heterocycles. The van der Waals surface area contributed by atoms with Crippen LogP contribution in [0.2, 0.25) is 0 Å².